The molecule has 14 nitrogen and oxygen atoms in total. The number of carbonyl (C=O) groups is 4. The van der Waals surface area contributed by atoms with Crippen molar-refractivity contribution in [1.29, 1.82) is 0 Å². The summed E-state index contributed by atoms with van der Waals surface area (Å²) in [5, 5.41) is 34.7. The molecule has 36 heavy (non-hydrogen) atoms. The number of thiol groups is 1. The van der Waals surface area contributed by atoms with Crippen LogP contribution in [0.5, 0.6) is 5.75 Å². The molecule has 0 spiro atoms. The molecule has 1 rings (SSSR count). The number of carboxylic acids is 1. The number of rotatable bonds is 15. The first-order valence-corrected chi connectivity index (χ1v) is 11.6. The van der Waals surface area contributed by atoms with E-state index in [0.29, 0.717) is 5.56 Å². The Morgan fingerprint density at radius 2 is 1.50 bits per heavy atom. The normalized spacial score (nSPS) is 14.0. The first-order valence-electron chi connectivity index (χ1n) is 10.9. The van der Waals surface area contributed by atoms with E-state index in [2.05, 4.69) is 33.6 Å². The van der Waals surface area contributed by atoms with Crippen molar-refractivity contribution in [3.63, 3.8) is 0 Å². The van der Waals surface area contributed by atoms with E-state index in [-0.39, 0.29) is 43.3 Å². The predicted octanol–water partition coefficient (Wildman–Crippen LogP) is -3.22. The van der Waals surface area contributed by atoms with E-state index >= 15 is 0 Å². The van der Waals surface area contributed by atoms with Gasteiger partial charge in [0.05, 0.1) is 12.6 Å². The van der Waals surface area contributed by atoms with Gasteiger partial charge in [-0.1, -0.05) is 12.1 Å². The summed E-state index contributed by atoms with van der Waals surface area (Å²) in [6.07, 6.45) is 0.419. The van der Waals surface area contributed by atoms with E-state index in [1.165, 1.54) is 12.1 Å². The maximum Gasteiger partial charge on any atom is 0.328 e. The Morgan fingerprint density at radius 1 is 0.944 bits per heavy atom. The first kappa shape index (κ1) is 30.5. The number of aliphatic carboxylic acids is 1. The maximum absolute atomic E-state index is 12.8. The number of nitrogens with zero attached hydrogens (tertiary/aromatic N) is 1. The Kier molecular flexibility index (Phi) is 13.1. The van der Waals surface area contributed by atoms with Crippen molar-refractivity contribution >= 4 is 42.3 Å². The Labute approximate surface area is 213 Å². The largest absolute Gasteiger partial charge is 0.508 e. The molecule has 0 aliphatic carbocycles. The van der Waals surface area contributed by atoms with Crippen LogP contribution in [0, 0.1) is 0 Å². The minimum Gasteiger partial charge on any atom is -0.508 e. The maximum atomic E-state index is 12.8. The molecule has 0 bridgehead atoms. The van der Waals surface area contributed by atoms with Crippen molar-refractivity contribution in [2.24, 2.45) is 22.2 Å². The molecule has 4 unspecified atom stereocenters. The first-order chi connectivity index (χ1) is 17.0. The number of hydrogen-bond donors (Lipinski definition) is 10. The number of amides is 3. The van der Waals surface area contributed by atoms with Crippen LogP contribution in [0.15, 0.2) is 29.3 Å². The highest BCUT2D eigenvalue weighted by Crippen LogP contribution is 2.11. The third-order valence-electron chi connectivity index (χ3n) is 4.92. The molecule has 4 atom stereocenters. The van der Waals surface area contributed by atoms with Crippen LogP contribution in [0.25, 0.3) is 0 Å². The molecule has 3 amide bonds. The molecule has 0 saturated carbocycles. The Morgan fingerprint density at radius 3 is 2.03 bits per heavy atom. The van der Waals surface area contributed by atoms with Gasteiger partial charge in [0.1, 0.15) is 23.9 Å². The summed E-state index contributed by atoms with van der Waals surface area (Å²) in [6.45, 7) is -0.715. The van der Waals surface area contributed by atoms with E-state index in [0.717, 1.165) is 0 Å². The highest BCUT2D eigenvalue weighted by Gasteiger charge is 2.29. The van der Waals surface area contributed by atoms with Gasteiger partial charge in [0.2, 0.25) is 17.7 Å². The fourth-order valence-electron chi connectivity index (χ4n) is 2.95. The number of aromatic hydroxyl groups is 1. The van der Waals surface area contributed by atoms with Crippen LogP contribution >= 0.6 is 12.6 Å². The number of aliphatic hydroxyl groups excluding tert-OH is 1. The third kappa shape index (κ3) is 10.8. The lowest BCUT2D eigenvalue weighted by Gasteiger charge is -2.24. The summed E-state index contributed by atoms with van der Waals surface area (Å²) in [7, 11) is 0. The monoisotopic (exact) mass is 527 g/mol. The molecule has 0 aliphatic rings. The van der Waals surface area contributed by atoms with Gasteiger partial charge in [0.25, 0.3) is 0 Å². The number of aliphatic hydroxyl groups is 1. The molecule has 0 fully saturated rings. The molecule has 0 saturated heterocycles. The van der Waals surface area contributed by atoms with Gasteiger partial charge in [0, 0.05) is 12.3 Å². The lowest BCUT2D eigenvalue weighted by Crippen LogP contribution is -2.58. The Balaban J connectivity index is 2.85. The van der Waals surface area contributed by atoms with Gasteiger partial charge < -0.3 is 48.5 Å². The smallest absolute Gasteiger partial charge is 0.328 e. The minimum absolute atomic E-state index is 0.0275. The van der Waals surface area contributed by atoms with Crippen LogP contribution in [0.2, 0.25) is 0 Å². The van der Waals surface area contributed by atoms with Gasteiger partial charge >= 0.3 is 5.97 Å². The van der Waals surface area contributed by atoms with E-state index in [1.807, 2.05) is 0 Å². The van der Waals surface area contributed by atoms with Crippen LogP contribution < -0.4 is 33.2 Å². The fraction of sp³-hybridized carbons (Fsp3) is 0.476. The number of phenolic OH excluding ortho intramolecular Hbond substituents is 1. The number of nitrogens with two attached hydrogens (primary N) is 3. The van der Waals surface area contributed by atoms with Crippen molar-refractivity contribution in [3.05, 3.63) is 29.8 Å². The number of nitrogens with one attached hydrogen (secondary N) is 3. The zero-order valence-corrected chi connectivity index (χ0v) is 20.4. The molecule has 15 heteroatoms. The summed E-state index contributed by atoms with van der Waals surface area (Å²) in [5.74, 6) is -3.94. The van der Waals surface area contributed by atoms with Crippen molar-refractivity contribution in [2.45, 2.75) is 43.4 Å². The second-order valence-corrected chi connectivity index (χ2v) is 8.18. The van der Waals surface area contributed by atoms with Crippen molar-refractivity contribution < 1.29 is 34.5 Å². The zero-order valence-electron chi connectivity index (χ0n) is 19.5. The molecule has 12 N–H and O–H groups in total. The minimum atomic E-state index is -1.58. The highest BCUT2D eigenvalue weighted by atomic mass is 32.1. The number of hydrogen-bond acceptors (Lipinski definition) is 9. The number of carbonyl (C=O) groups excluding carboxylic acids is 3. The van der Waals surface area contributed by atoms with Crippen LogP contribution in [0.4, 0.5) is 0 Å². The molecule has 0 aliphatic heterocycles. The van der Waals surface area contributed by atoms with Crippen LogP contribution in [-0.4, -0.2) is 88.0 Å². The number of carboxylic acid groups (broad SMARTS) is 1. The number of phenols is 1. The molecule has 0 heterocycles. The third-order valence-corrected chi connectivity index (χ3v) is 5.28. The molecular weight excluding hydrogens is 494 g/mol. The summed E-state index contributed by atoms with van der Waals surface area (Å²) in [6, 6.07) is 1.15. The Bertz CT molecular complexity index is 926. The average molecular weight is 528 g/mol. The number of guanidine groups is 1. The molecule has 1 aromatic rings. The summed E-state index contributed by atoms with van der Waals surface area (Å²) in [5.41, 5.74) is 17.2. The number of benzene rings is 1. The second kappa shape index (κ2) is 15.4. The summed E-state index contributed by atoms with van der Waals surface area (Å²) < 4.78 is 0. The van der Waals surface area contributed by atoms with Crippen LogP contribution in [-0.2, 0) is 25.6 Å². The van der Waals surface area contributed by atoms with E-state index < -0.39 is 54.5 Å². The molecule has 0 aromatic heterocycles. The molecule has 200 valence electrons. The van der Waals surface area contributed by atoms with Crippen molar-refractivity contribution in [1.82, 2.24) is 16.0 Å². The van der Waals surface area contributed by atoms with Gasteiger partial charge in [-0.2, -0.15) is 12.6 Å². The molecule has 1 aromatic carbocycles. The topological polar surface area (TPSA) is 255 Å². The van der Waals surface area contributed by atoms with Gasteiger partial charge in [-0.25, -0.2) is 4.79 Å². The van der Waals surface area contributed by atoms with Crippen molar-refractivity contribution in [3.8, 4) is 5.75 Å². The fourth-order valence-corrected chi connectivity index (χ4v) is 3.21. The van der Waals surface area contributed by atoms with Gasteiger partial charge in [0.15, 0.2) is 5.96 Å². The Hall–Kier alpha value is -3.56. The average Bonchev–Trinajstić information content (AvgIpc) is 2.83. The highest BCUT2D eigenvalue weighted by molar-refractivity contribution is 7.80. The van der Waals surface area contributed by atoms with Crippen LogP contribution in [0.3, 0.4) is 0 Å². The quantitative estimate of drug-likeness (QED) is 0.0472. The van der Waals surface area contributed by atoms with Crippen molar-refractivity contribution in [2.75, 3.05) is 18.9 Å². The van der Waals surface area contributed by atoms with Crippen LogP contribution in [0.1, 0.15) is 18.4 Å². The van der Waals surface area contributed by atoms with Gasteiger partial charge in [-0.3, -0.25) is 19.4 Å². The van der Waals surface area contributed by atoms with E-state index in [1.54, 1.807) is 12.1 Å². The lowest BCUT2D eigenvalue weighted by atomic mass is 10.1. The summed E-state index contributed by atoms with van der Waals surface area (Å²) in [4.78, 5) is 52.9. The molecule has 0 radical (unpaired) electrons. The summed E-state index contributed by atoms with van der Waals surface area (Å²) >= 11 is 4.09. The second-order valence-electron chi connectivity index (χ2n) is 7.81. The van der Waals surface area contributed by atoms with E-state index in [4.69, 9.17) is 22.3 Å². The SMILES string of the molecule is NC(N)=NCCCC(NC(=O)C(CS)NC(=O)C(N)Cc1ccc(O)cc1)C(=O)NC(CO)C(=O)O. The van der Waals surface area contributed by atoms with Gasteiger partial charge in [-0.15, -0.1) is 0 Å². The standard InChI is InChI=1S/C21H33N7O7S/c22-13(8-11-3-5-12(30)6-4-11)17(31)28-16(10-36)19(33)26-14(2-1-7-25-21(23)24)18(32)27-15(9-29)20(34)35/h3-6,13-16,29-30,36H,1-2,7-10,22H2,(H,26,33)(H,27,32)(H,28,31)(H,34,35)(H4,23,24,25). The lowest BCUT2D eigenvalue weighted by molar-refractivity contribution is -0.143. The predicted molar refractivity (Wildman–Crippen MR) is 134 cm³/mol. The number of aliphatic imine (C=N–C) groups is 1. The molecular formula is C21H33N7O7S. The zero-order chi connectivity index (χ0) is 27.3. The van der Waals surface area contributed by atoms with E-state index in [9.17, 15) is 29.4 Å². The van der Waals surface area contributed by atoms with Gasteiger partial charge in [-0.05, 0) is 37.0 Å².